The molecule has 4 nitrogen and oxygen atoms in total. The first kappa shape index (κ1) is 19.7. The maximum absolute atomic E-state index is 9.29. The van der Waals surface area contributed by atoms with Gasteiger partial charge >= 0.3 is 0 Å². The molecule has 0 radical (unpaired) electrons. The minimum atomic E-state index is 0.0833. The third-order valence-corrected chi connectivity index (χ3v) is 6.51. The fourth-order valence-electron chi connectivity index (χ4n) is 1.11. The van der Waals surface area contributed by atoms with Crippen LogP contribution in [0.25, 0.3) is 0 Å². The lowest BCUT2D eigenvalue weighted by Gasteiger charge is -2.17. The van der Waals surface area contributed by atoms with E-state index in [0.29, 0.717) is 23.6 Å². The van der Waals surface area contributed by atoms with Gasteiger partial charge in [0.2, 0.25) is 0 Å². The maximum Gasteiger partial charge on any atom is 0.149 e. The van der Waals surface area contributed by atoms with Gasteiger partial charge in [0.15, 0.2) is 0 Å². The fourth-order valence-corrected chi connectivity index (χ4v) is 3.82. The van der Waals surface area contributed by atoms with E-state index >= 15 is 0 Å². The van der Waals surface area contributed by atoms with Gasteiger partial charge in [0, 0.05) is 28.2 Å². The Balaban J connectivity index is 3.34. The SMILES string of the molecule is CN(C)C(=S)Sc1nc(Cl)c(C#N)c(SC(=S)N(C)C)c1Cl. The van der Waals surface area contributed by atoms with Crippen LogP contribution < -0.4 is 0 Å². The second kappa shape index (κ2) is 8.52. The number of hydrogen-bond donors (Lipinski definition) is 0. The summed E-state index contributed by atoms with van der Waals surface area (Å²) in [5.41, 5.74) is 0.209. The smallest absolute Gasteiger partial charge is 0.149 e. The van der Waals surface area contributed by atoms with Crippen molar-refractivity contribution in [2.24, 2.45) is 0 Å². The third kappa shape index (κ3) is 4.85. The van der Waals surface area contributed by atoms with Gasteiger partial charge in [-0.1, -0.05) is 59.4 Å². The molecule has 0 spiro atoms. The zero-order valence-electron chi connectivity index (χ0n) is 12.2. The van der Waals surface area contributed by atoms with Crippen molar-refractivity contribution in [3.8, 4) is 6.07 Å². The second-order valence-electron chi connectivity index (χ2n) is 4.36. The van der Waals surface area contributed by atoms with Gasteiger partial charge in [0.05, 0.1) is 9.92 Å². The van der Waals surface area contributed by atoms with E-state index in [1.165, 1.54) is 23.5 Å². The van der Waals surface area contributed by atoms with Crippen LogP contribution in [0.1, 0.15) is 5.56 Å². The quantitative estimate of drug-likeness (QED) is 0.409. The van der Waals surface area contributed by atoms with E-state index in [1.54, 1.807) is 9.80 Å². The molecule has 0 saturated heterocycles. The van der Waals surface area contributed by atoms with Crippen LogP contribution in [0.2, 0.25) is 10.2 Å². The monoisotopic (exact) mass is 410 g/mol. The number of halogens is 2. The molecule has 10 heteroatoms. The molecule has 1 aromatic heterocycles. The molecule has 0 aliphatic heterocycles. The van der Waals surface area contributed by atoms with Gasteiger partial charge in [0.25, 0.3) is 0 Å². The zero-order valence-corrected chi connectivity index (χ0v) is 17.0. The summed E-state index contributed by atoms with van der Waals surface area (Å²) in [6.45, 7) is 0. The first-order chi connectivity index (χ1) is 10.2. The minimum absolute atomic E-state index is 0.0833. The first-order valence-corrected chi connectivity index (χ1v) is 8.97. The molecule has 0 fully saturated rings. The number of thioether (sulfide) groups is 2. The van der Waals surface area contributed by atoms with Crippen molar-refractivity contribution in [1.29, 1.82) is 5.26 Å². The van der Waals surface area contributed by atoms with Gasteiger partial charge in [-0.2, -0.15) is 5.26 Å². The summed E-state index contributed by atoms with van der Waals surface area (Å²) in [5.74, 6) is 0. The van der Waals surface area contributed by atoms with E-state index in [9.17, 15) is 5.26 Å². The molecule has 118 valence electrons. The minimum Gasteiger partial charge on any atom is -0.363 e. The Bertz CT molecular complexity index is 656. The molecular weight excluding hydrogens is 399 g/mol. The number of pyridine rings is 1. The molecule has 0 aliphatic carbocycles. The molecule has 0 unspecified atom stereocenters. The van der Waals surface area contributed by atoms with E-state index < -0.39 is 0 Å². The molecule has 1 rings (SSSR count). The van der Waals surface area contributed by atoms with E-state index in [4.69, 9.17) is 47.6 Å². The molecule has 22 heavy (non-hydrogen) atoms. The summed E-state index contributed by atoms with van der Waals surface area (Å²) < 4.78 is 1.15. The summed E-state index contributed by atoms with van der Waals surface area (Å²) in [6.07, 6.45) is 0. The highest BCUT2D eigenvalue weighted by molar-refractivity contribution is 8.23. The predicted octanol–water partition coefficient (Wildman–Crippen LogP) is 4.14. The van der Waals surface area contributed by atoms with Crippen molar-refractivity contribution in [1.82, 2.24) is 14.8 Å². The van der Waals surface area contributed by atoms with Crippen LogP contribution >= 0.6 is 71.2 Å². The standard InChI is InChI=1S/C12H12Cl2N4S4/c1-17(2)11(19)21-8-6(5-15)9(14)16-10(7(8)13)22-12(20)18(3)4/h1-4H3. The van der Waals surface area contributed by atoms with Crippen LogP contribution in [0.15, 0.2) is 9.92 Å². The van der Waals surface area contributed by atoms with Crippen molar-refractivity contribution >= 4 is 79.8 Å². The van der Waals surface area contributed by atoms with Crippen LogP contribution in [0.5, 0.6) is 0 Å². The van der Waals surface area contributed by atoms with Crippen molar-refractivity contribution in [2.75, 3.05) is 28.2 Å². The highest BCUT2D eigenvalue weighted by atomic mass is 35.5. The highest BCUT2D eigenvalue weighted by Crippen LogP contribution is 2.40. The Kier molecular flexibility index (Phi) is 7.65. The van der Waals surface area contributed by atoms with Gasteiger partial charge in [-0.05, 0) is 11.8 Å². The summed E-state index contributed by atoms with van der Waals surface area (Å²) in [4.78, 5) is 8.18. The van der Waals surface area contributed by atoms with Gasteiger partial charge in [-0.25, -0.2) is 4.98 Å². The molecule has 0 bridgehead atoms. The molecule has 0 amide bonds. The van der Waals surface area contributed by atoms with E-state index in [2.05, 4.69) is 4.98 Å². The summed E-state index contributed by atoms with van der Waals surface area (Å²) in [6, 6.07) is 2.02. The van der Waals surface area contributed by atoms with Gasteiger partial charge in [-0.15, -0.1) is 0 Å². The Morgan fingerprint density at radius 1 is 1.09 bits per heavy atom. The number of aromatic nitrogens is 1. The lowest BCUT2D eigenvalue weighted by Crippen LogP contribution is -2.17. The molecule has 1 aromatic rings. The molecule has 0 atom stereocenters. The Labute approximate surface area is 159 Å². The number of thiocarbonyl (C=S) groups is 2. The maximum atomic E-state index is 9.29. The summed E-state index contributed by atoms with van der Waals surface area (Å²) in [7, 11) is 7.28. The van der Waals surface area contributed by atoms with Crippen molar-refractivity contribution in [3.63, 3.8) is 0 Å². The van der Waals surface area contributed by atoms with Gasteiger partial charge in [0.1, 0.15) is 30.5 Å². The number of nitrogens with zero attached hydrogens (tertiary/aromatic N) is 4. The van der Waals surface area contributed by atoms with Crippen LogP contribution in [0, 0.1) is 11.3 Å². The van der Waals surface area contributed by atoms with Gasteiger partial charge < -0.3 is 9.80 Å². The molecular formula is C12H12Cl2N4S4. The molecule has 0 aromatic carbocycles. The van der Waals surface area contributed by atoms with Crippen molar-refractivity contribution in [2.45, 2.75) is 9.92 Å². The van der Waals surface area contributed by atoms with Crippen LogP contribution in [0.3, 0.4) is 0 Å². The molecule has 0 N–H and O–H groups in total. The van der Waals surface area contributed by atoms with Crippen molar-refractivity contribution in [3.05, 3.63) is 15.7 Å². The van der Waals surface area contributed by atoms with Crippen LogP contribution in [-0.2, 0) is 0 Å². The number of rotatable bonds is 2. The summed E-state index contributed by atoms with van der Waals surface area (Å²) in [5, 5.41) is 10.2. The topological polar surface area (TPSA) is 43.2 Å². The number of nitriles is 1. The highest BCUT2D eigenvalue weighted by Gasteiger charge is 2.21. The van der Waals surface area contributed by atoms with Crippen LogP contribution in [-0.4, -0.2) is 51.6 Å². The average Bonchev–Trinajstić information content (AvgIpc) is 2.43. The Hall–Kier alpha value is -0.300. The lowest BCUT2D eigenvalue weighted by molar-refractivity contribution is 0.647. The number of hydrogen-bond acceptors (Lipinski definition) is 6. The van der Waals surface area contributed by atoms with E-state index in [1.807, 2.05) is 34.3 Å². The van der Waals surface area contributed by atoms with E-state index in [0.717, 1.165) is 0 Å². The van der Waals surface area contributed by atoms with Crippen LogP contribution in [0.4, 0.5) is 0 Å². The zero-order chi connectivity index (χ0) is 17.0. The fraction of sp³-hybridized carbons (Fsp3) is 0.333. The summed E-state index contributed by atoms with van der Waals surface area (Å²) >= 11 is 25.4. The Morgan fingerprint density at radius 2 is 1.59 bits per heavy atom. The largest absolute Gasteiger partial charge is 0.363 e. The third-order valence-electron chi connectivity index (χ3n) is 2.24. The van der Waals surface area contributed by atoms with Crippen molar-refractivity contribution < 1.29 is 0 Å². The second-order valence-corrected chi connectivity index (χ2v) is 8.37. The first-order valence-electron chi connectivity index (χ1n) is 5.76. The molecule has 0 aliphatic rings. The molecule has 0 saturated carbocycles. The van der Waals surface area contributed by atoms with Gasteiger partial charge in [-0.3, -0.25) is 0 Å². The normalized spacial score (nSPS) is 10.0. The Morgan fingerprint density at radius 3 is 2.05 bits per heavy atom. The van der Waals surface area contributed by atoms with E-state index in [-0.39, 0.29) is 10.7 Å². The predicted molar refractivity (Wildman–Crippen MR) is 103 cm³/mol. The average molecular weight is 411 g/mol. The molecule has 1 heterocycles. The lowest BCUT2D eigenvalue weighted by atomic mass is 10.3.